The number of imidazole rings is 1. The Balaban J connectivity index is 1.49. The normalized spacial score (nSPS) is 12.0. The summed E-state index contributed by atoms with van der Waals surface area (Å²) in [5.41, 5.74) is 7.70. The van der Waals surface area contributed by atoms with E-state index in [4.69, 9.17) is 0 Å². The molecule has 0 saturated heterocycles. The fourth-order valence-electron chi connectivity index (χ4n) is 5.88. The number of aromatic nitrogens is 2. The lowest BCUT2D eigenvalue weighted by Gasteiger charge is -2.10. The molecule has 0 saturated carbocycles. The first-order valence-electron chi connectivity index (χ1n) is 12.9. The smallest absolute Gasteiger partial charge is 0.226 e. The predicted octanol–water partition coefficient (Wildman–Crippen LogP) is 9.21. The predicted molar refractivity (Wildman–Crippen MR) is 160 cm³/mol. The van der Waals surface area contributed by atoms with E-state index in [9.17, 15) is 0 Å². The van der Waals surface area contributed by atoms with Gasteiger partial charge >= 0.3 is 0 Å². The maximum absolute atomic E-state index is 2.51. The van der Waals surface area contributed by atoms with E-state index >= 15 is 0 Å². The number of thiophene rings is 1. The topological polar surface area (TPSA) is 8.81 Å². The summed E-state index contributed by atoms with van der Waals surface area (Å²) in [6.07, 6.45) is 0. The molecule has 2 heterocycles. The van der Waals surface area contributed by atoms with Gasteiger partial charge in [0, 0.05) is 20.2 Å². The molecule has 37 heavy (non-hydrogen) atoms. The number of hydrogen-bond donors (Lipinski definition) is 0. The molecule has 0 fully saturated rings. The van der Waals surface area contributed by atoms with Crippen molar-refractivity contribution in [3.63, 3.8) is 0 Å². The van der Waals surface area contributed by atoms with E-state index in [2.05, 4.69) is 134 Å². The van der Waals surface area contributed by atoms with Crippen LogP contribution in [0.2, 0.25) is 0 Å². The summed E-state index contributed by atoms with van der Waals surface area (Å²) < 4.78 is 7.59. The standard InChI is InChI=1S/C34H29N2S/c1-21(2)36-31-18-25-13-9-8-12-24(25)17-30(31)35(4)34(36)28-20-29-27-15-14-26(23-10-6-5-7-11-23)19-33(27)37-32(29)16-22(28)3/h5-21H,1-4H3/q+1. The van der Waals surface area contributed by atoms with Gasteiger partial charge in [-0.3, -0.25) is 0 Å². The Bertz CT molecular complexity index is 1970. The van der Waals surface area contributed by atoms with Crippen LogP contribution in [0, 0.1) is 6.92 Å². The molecule has 0 spiro atoms. The summed E-state index contributed by atoms with van der Waals surface area (Å²) in [6, 6.07) is 36.1. The Kier molecular flexibility index (Phi) is 4.99. The minimum absolute atomic E-state index is 0.336. The Morgan fingerprint density at radius 3 is 2.16 bits per heavy atom. The second kappa shape index (κ2) is 8.29. The third-order valence-electron chi connectivity index (χ3n) is 7.69. The van der Waals surface area contributed by atoms with Crippen LogP contribution in [-0.2, 0) is 7.05 Å². The number of fused-ring (bicyclic) bond motifs is 5. The van der Waals surface area contributed by atoms with Gasteiger partial charge in [-0.05, 0) is 78.6 Å². The maximum atomic E-state index is 2.51. The minimum Gasteiger partial charge on any atom is -0.226 e. The summed E-state index contributed by atoms with van der Waals surface area (Å²) in [5, 5.41) is 5.24. The molecular formula is C34H29N2S+. The molecule has 180 valence electrons. The van der Waals surface area contributed by atoms with Crippen molar-refractivity contribution in [2.24, 2.45) is 7.05 Å². The molecule has 0 unspecified atom stereocenters. The summed E-state index contributed by atoms with van der Waals surface area (Å²) >= 11 is 1.90. The van der Waals surface area contributed by atoms with Gasteiger partial charge in [-0.1, -0.05) is 66.7 Å². The molecule has 2 nitrogen and oxygen atoms in total. The average Bonchev–Trinajstić information content (AvgIpc) is 3.40. The van der Waals surface area contributed by atoms with Gasteiger partial charge in [0.05, 0.1) is 18.7 Å². The van der Waals surface area contributed by atoms with E-state index in [1.54, 1.807) is 0 Å². The first-order chi connectivity index (χ1) is 18.0. The zero-order valence-corrected chi connectivity index (χ0v) is 22.4. The van der Waals surface area contributed by atoms with Crippen molar-refractivity contribution in [1.82, 2.24) is 4.57 Å². The Hall–Kier alpha value is -3.95. The largest absolute Gasteiger partial charge is 0.290 e. The van der Waals surface area contributed by atoms with E-state index in [0.717, 1.165) is 0 Å². The lowest BCUT2D eigenvalue weighted by atomic mass is 10.0. The van der Waals surface area contributed by atoms with Crippen LogP contribution in [0.4, 0.5) is 0 Å². The number of aryl methyl sites for hydroxylation is 2. The Labute approximate surface area is 221 Å². The minimum atomic E-state index is 0.336. The van der Waals surface area contributed by atoms with Gasteiger partial charge < -0.3 is 0 Å². The first-order valence-corrected chi connectivity index (χ1v) is 13.8. The van der Waals surface area contributed by atoms with Gasteiger partial charge in [0.2, 0.25) is 0 Å². The van der Waals surface area contributed by atoms with Crippen LogP contribution in [0.15, 0.2) is 97.1 Å². The highest BCUT2D eigenvalue weighted by Crippen LogP contribution is 2.40. The number of rotatable bonds is 3. The molecule has 0 bridgehead atoms. The maximum Gasteiger partial charge on any atom is 0.290 e. The van der Waals surface area contributed by atoms with Gasteiger partial charge in [-0.25, -0.2) is 9.13 Å². The molecule has 0 aliphatic heterocycles. The molecule has 0 aliphatic carbocycles. The molecule has 0 N–H and O–H groups in total. The lowest BCUT2D eigenvalue weighted by Crippen LogP contribution is -2.30. The molecule has 0 atom stereocenters. The van der Waals surface area contributed by atoms with Crippen molar-refractivity contribution < 1.29 is 4.57 Å². The van der Waals surface area contributed by atoms with Crippen LogP contribution in [0.25, 0.3) is 64.5 Å². The summed E-state index contributed by atoms with van der Waals surface area (Å²) in [5.74, 6) is 1.26. The molecule has 0 aliphatic rings. The Morgan fingerprint density at radius 2 is 1.41 bits per heavy atom. The first kappa shape index (κ1) is 22.3. The van der Waals surface area contributed by atoms with Gasteiger partial charge in [0.25, 0.3) is 5.82 Å². The van der Waals surface area contributed by atoms with E-state index in [1.807, 2.05) is 11.3 Å². The highest BCUT2D eigenvalue weighted by atomic mass is 32.1. The zero-order valence-electron chi connectivity index (χ0n) is 21.6. The van der Waals surface area contributed by atoms with E-state index in [1.165, 1.54) is 70.1 Å². The van der Waals surface area contributed by atoms with Gasteiger partial charge in [-0.2, -0.15) is 0 Å². The number of hydrogen-bond acceptors (Lipinski definition) is 1. The van der Waals surface area contributed by atoms with Crippen LogP contribution in [0.3, 0.4) is 0 Å². The monoisotopic (exact) mass is 497 g/mol. The zero-order chi connectivity index (χ0) is 25.3. The lowest BCUT2D eigenvalue weighted by molar-refractivity contribution is -0.634. The van der Waals surface area contributed by atoms with E-state index in [0.29, 0.717) is 6.04 Å². The van der Waals surface area contributed by atoms with Crippen LogP contribution >= 0.6 is 11.3 Å². The molecule has 2 aromatic heterocycles. The fraction of sp³-hybridized carbons (Fsp3) is 0.147. The third-order valence-corrected chi connectivity index (χ3v) is 8.81. The highest BCUT2D eigenvalue weighted by Gasteiger charge is 2.28. The molecule has 3 heteroatoms. The fourth-order valence-corrected chi connectivity index (χ4v) is 7.10. The van der Waals surface area contributed by atoms with Crippen molar-refractivity contribution in [3.05, 3.63) is 103 Å². The Morgan fingerprint density at radius 1 is 0.703 bits per heavy atom. The average molecular weight is 498 g/mol. The van der Waals surface area contributed by atoms with Crippen LogP contribution in [0.5, 0.6) is 0 Å². The molecule has 7 aromatic rings. The molecule has 0 amide bonds. The summed E-state index contributed by atoms with van der Waals surface area (Å²) in [4.78, 5) is 0. The number of nitrogens with zero attached hydrogens (tertiary/aromatic N) is 2. The van der Waals surface area contributed by atoms with E-state index < -0.39 is 0 Å². The van der Waals surface area contributed by atoms with Gasteiger partial charge in [0.1, 0.15) is 0 Å². The second-order valence-corrected chi connectivity index (χ2v) is 11.5. The van der Waals surface area contributed by atoms with Crippen molar-refractivity contribution in [1.29, 1.82) is 0 Å². The molecule has 0 radical (unpaired) electrons. The molecular weight excluding hydrogens is 468 g/mol. The van der Waals surface area contributed by atoms with Crippen molar-refractivity contribution in [2.45, 2.75) is 26.8 Å². The van der Waals surface area contributed by atoms with Crippen LogP contribution in [-0.4, -0.2) is 4.57 Å². The van der Waals surface area contributed by atoms with Crippen LogP contribution < -0.4 is 4.57 Å². The van der Waals surface area contributed by atoms with Gasteiger partial charge in [0.15, 0.2) is 11.0 Å². The van der Waals surface area contributed by atoms with Crippen LogP contribution in [0.1, 0.15) is 25.5 Å². The van der Waals surface area contributed by atoms with Crippen molar-refractivity contribution in [2.75, 3.05) is 0 Å². The summed E-state index contributed by atoms with van der Waals surface area (Å²) in [7, 11) is 2.22. The second-order valence-electron chi connectivity index (χ2n) is 10.4. The SMILES string of the molecule is Cc1cc2sc3cc(-c4ccccc4)ccc3c2cc1-c1n(C(C)C)c2cc3ccccc3cc2[n+]1C. The summed E-state index contributed by atoms with van der Waals surface area (Å²) in [6.45, 7) is 6.83. The number of benzene rings is 5. The van der Waals surface area contributed by atoms with Crippen molar-refractivity contribution >= 4 is 53.3 Å². The third kappa shape index (κ3) is 3.42. The van der Waals surface area contributed by atoms with Gasteiger partial charge in [-0.15, -0.1) is 11.3 Å². The molecule has 5 aromatic carbocycles. The molecule has 7 rings (SSSR count). The quantitative estimate of drug-likeness (QED) is 0.215. The van der Waals surface area contributed by atoms with E-state index in [-0.39, 0.29) is 0 Å². The highest BCUT2D eigenvalue weighted by molar-refractivity contribution is 7.25. The van der Waals surface area contributed by atoms with Crippen molar-refractivity contribution in [3.8, 4) is 22.5 Å².